The number of pyridine rings is 1. The number of hydrogen-bond donors (Lipinski definition) is 0. The molecule has 0 atom stereocenters. The molecule has 5 heteroatoms. The Kier molecular flexibility index (Phi) is 5.81. The van der Waals surface area contributed by atoms with Gasteiger partial charge in [-0.2, -0.15) is 5.26 Å². The molecule has 0 saturated heterocycles. The molecule has 0 unspecified atom stereocenters. The summed E-state index contributed by atoms with van der Waals surface area (Å²) >= 11 is 0. The van der Waals surface area contributed by atoms with E-state index in [1.165, 1.54) is 7.11 Å². The summed E-state index contributed by atoms with van der Waals surface area (Å²) in [6, 6.07) is 5.66. The molecule has 0 aliphatic rings. The van der Waals surface area contributed by atoms with Gasteiger partial charge in [0, 0.05) is 19.3 Å². The van der Waals surface area contributed by atoms with Crippen LogP contribution in [0.1, 0.15) is 24.6 Å². The Morgan fingerprint density at radius 3 is 3.00 bits per heavy atom. The van der Waals surface area contributed by atoms with Gasteiger partial charge in [0.2, 0.25) is 0 Å². The molecule has 1 aromatic heterocycles. The lowest BCUT2D eigenvalue weighted by atomic mass is 10.2. The van der Waals surface area contributed by atoms with Crippen LogP contribution in [0.5, 0.6) is 0 Å². The van der Waals surface area contributed by atoms with Gasteiger partial charge in [0.25, 0.3) is 0 Å². The van der Waals surface area contributed by atoms with E-state index >= 15 is 0 Å². The minimum atomic E-state index is -0.208. The molecule has 1 aromatic rings. The van der Waals surface area contributed by atoms with Crippen LogP contribution < -0.4 is 0 Å². The topological polar surface area (TPSA) is 66.2 Å². The van der Waals surface area contributed by atoms with E-state index in [1.807, 2.05) is 19.1 Å². The van der Waals surface area contributed by atoms with Crippen molar-refractivity contribution in [2.45, 2.75) is 19.9 Å². The summed E-state index contributed by atoms with van der Waals surface area (Å²) in [5, 5.41) is 8.77. The van der Waals surface area contributed by atoms with Gasteiger partial charge < -0.3 is 4.74 Å². The smallest absolute Gasteiger partial charge is 0.306 e. The minimum absolute atomic E-state index is 0.208. The van der Waals surface area contributed by atoms with Crippen molar-refractivity contribution in [2.75, 3.05) is 20.2 Å². The molecule has 0 aliphatic carbocycles. The second-order valence-electron chi connectivity index (χ2n) is 3.86. The number of carbonyl (C=O) groups is 1. The lowest BCUT2D eigenvalue weighted by Gasteiger charge is -2.19. The fourth-order valence-electron chi connectivity index (χ4n) is 1.59. The third-order valence-corrected chi connectivity index (χ3v) is 2.65. The highest BCUT2D eigenvalue weighted by Crippen LogP contribution is 2.06. The summed E-state index contributed by atoms with van der Waals surface area (Å²) in [5.41, 5.74) is 1.43. The van der Waals surface area contributed by atoms with E-state index in [0.717, 1.165) is 12.1 Å². The molecule has 0 radical (unpaired) electrons. The first kappa shape index (κ1) is 14.1. The minimum Gasteiger partial charge on any atom is -0.469 e. The second kappa shape index (κ2) is 7.41. The lowest BCUT2D eigenvalue weighted by molar-refractivity contribution is -0.141. The number of nitriles is 1. The number of carbonyl (C=O) groups excluding carboxylic acids is 1. The van der Waals surface area contributed by atoms with Crippen LogP contribution in [0.2, 0.25) is 0 Å². The summed E-state index contributed by atoms with van der Waals surface area (Å²) in [6.07, 6.45) is 2.00. The summed E-state index contributed by atoms with van der Waals surface area (Å²) in [4.78, 5) is 17.1. The first-order chi connectivity index (χ1) is 8.69. The van der Waals surface area contributed by atoms with Crippen molar-refractivity contribution in [3.63, 3.8) is 0 Å². The standard InChI is InChI=1S/C13H17N3O2/c1-3-16(7-5-13(17)18-2)10-11-4-6-15-12(8-11)9-14/h4,6,8H,3,5,7,10H2,1-2H3. The predicted molar refractivity (Wildman–Crippen MR) is 66.5 cm³/mol. The molecule has 0 N–H and O–H groups in total. The van der Waals surface area contributed by atoms with E-state index in [4.69, 9.17) is 5.26 Å². The van der Waals surface area contributed by atoms with Crippen molar-refractivity contribution in [1.29, 1.82) is 5.26 Å². The number of esters is 1. The van der Waals surface area contributed by atoms with E-state index in [0.29, 0.717) is 25.2 Å². The van der Waals surface area contributed by atoms with E-state index in [2.05, 4.69) is 14.6 Å². The van der Waals surface area contributed by atoms with Crippen molar-refractivity contribution in [1.82, 2.24) is 9.88 Å². The Morgan fingerprint density at radius 1 is 1.61 bits per heavy atom. The number of nitrogens with zero attached hydrogens (tertiary/aromatic N) is 3. The first-order valence-electron chi connectivity index (χ1n) is 5.83. The molecule has 18 heavy (non-hydrogen) atoms. The summed E-state index contributed by atoms with van der Waals surface area (Å²) in [5.74, 6) is -0.208. The van der Waals surface area contributed by atoms with Crippen LogP contribution in [-0.2, 0) is 16.1 Å². The van der Waals surface area contributed by atoms with Gasteiger partial charge in [-0.25, -0.2) is 4.98 Å². The average Bonchev–Trinajstić information content (AvgIpc) is 2.43. The SMILES string of the molecule is CCN(CCC(=O)OC)Cc1ccnc(C#N)c1. The molecule has 0 aromatic carbocycles. The highest BCUT2D eigenvalue weighted by atomic mass is 16.5. The highest BCUT2D eigenvalue weighted by Gasteiger charge is 2.08. The van der Waals surface area contributed by atoms with Crippen LogP contribution in [0, 0.1) is 11.3 Å². The van der Waals surface area contributed by atoms with Gasteiger partial charge in [-0.15, -0.1) is 0 Å². The second-order valence-corrected chi connectivity index (χ2v) is 3.86. The number of hydrogen-bond acceptors (Lipinski definition) is 5. The molecule has 5 nitrogen and oxygen atoms in total. The van der Waals surface area contributed by atoms with Gasteiger partial charge in [-0.1, -0.05) is 6.92 Å². The lowest BCUT2D eigenvalue weighted by Crippen LogP contribution is -2.26. The molecular formula is C13H17N3O2. The van der Waals surface area contributed by atoms with Crippen molar-refractivity contribution < 1.29 is 9.53 Å². The quantitative estimate of drug-likeness (QED) is 0.710. The Labute approximate surface area is 107 Å². The van der Waals surface area contributed by atoms with Gasteiger partial charge in [-0.3, -0.25) is 9.69 Å². The molecule has 96 valence electrons. The van der Waals surface area contributed by atoms with Crippen molar-refractivity contribution >= 4 is 5.97 Å². The molecular weight excluding hydrogens is 230 g/mol. The average molecular weight is 247 g/mol. The molecule has 0 aliphatic heterocycles. The van der Waals surface area contributed by atoms with Crippen LogP contribution in [0.3, 0.4) is 0 Å². The van der Waals surface area contributed by atoms with Crippen LogP contribution in [0.15, 0.2) is 18.3 Å². The summed E-state index contributed by atoms with van der Waals surface area (Å²) in [7, 11) is 1.39. The van der Waals surface area contributed by atoms with Gasteiger partial charge in [-0.05, 0) is 24.2 Å². The zero-order valence-electron chi connectivity index (χ0n) is 10.7. The van der Waals surface area contributed by atoms with Gasteiger partial charge in [0.15, 0.2) is 0 Å². The summed E-state index contributed by atoms with van der Waals surface area (Å²) in [6.45, 7) is 4.21. The third kappa shape index (κ3) is 4.52. The largest absolute Gasteiger partial charge is 0.469 e. The van der Waals surface area contributed by atoms with Crippen molar-refractivity contribution in [3.8, 4) is 6.07 Å². The van der Waals surface area contributed by atoms with Gasteiger partial charge in [0.05, 0.1) is 13.5 Å². The highest BCUT2D eigenvalue weighted by molar-refractivity contribution is 5.69. The van der Waals surface area contributed by atoms with E-state index in [9.17, 15) is 4.79 Å². The van der Waals surface area contributed by atoms with Crippen LogP contribution in [0.25, 0.3) is 0 Å². The molecule has 1 heterocycles. The van der Waals surface area contributed by atoms with Crippen molar-refractivity contribution in [3.05, 3.63) is 29.6 Å². The molecule has 1 rings (SSSR count). The molecule has 0 saturated carbocycles. The predicted octanol–water partition coefficient (Wildman–Crippen LogP) is 1.34. The zero-order chi connectivity index (χ0) is 13.4. The maximum Gasteiger partial charge on any atom is 0.306 e. The fraction of sp³-hybridized carbons (Fsp3) is 0.462. The molecule has 0 bridgehead atoms. The molecule has 0 spiro atoms. The maximum absolute atomic E-state index is 11.1. The molecule has 0 fully saturated rings. The maximum atomic E-state index is 11.1. The fourth-order valence-corrected chi connectivity index (χ4v) is 1.59. The Hall–Kier alpha value is -1.93. The third-order valence-electron chi connectivity index (χ3n) is 2.65. The van der Waals surface area contributed by atoms with E-state index in [-0.39, 0.29) is 5.97 Å². The Morgan fingerprint density at radius 2 is 2.39 bits per heavy atom. The number of methoxy groups -OCH3 is 1. The summed E-state index contributed by atoms with van der Waals surface area (Å²) < 4.78 is 4.61. The van der Waals surface area contributed by atoms with Crippen LogP contribution in [0.4, 0.5) is 0 Å². The Bertz CT molecular complexity index is 440. The van der Waals surface area contributed by atoms with Crippen molar-refractivity contribution in [2.24, 2.45) is 0 Å². The van der Waals surface area contributed by atoms with E-state index in [1.54, 1.807) is 12.3 Å². The van der Waals surface area contributed by atoms with E-state index < -0.39 is 0 Å². The monoisotopic (exact) mass is 247 g/mol. The van der Waals surface area contributed by atoms with Gasteiger partial charge >= 0.3 is 5.97 Å². The normalized spacial score (nSPS) is 10.1. The molecule has 0 amide bonds. The number of rotatable bonds is 6. The zero-order valence-corrected chi connectivity index (χ0v) is 10.7. The van der Waals surface area contributed by atoms with Crippen LogP contribution in [-0.4, -0.2) is 36.1 Å². The number of aromatic nitrogens is 1. The van der Waals surface area contributed by atoms with Crippen LogP contribution >= 0.6 is 0 Å². The first-order valence-corrected chi connectivity index (χ1v) is 5.83. The number of ether oxygens (including phenoxy) is 1. The Balaban J connectivity index is 2.57. The van der Waals surface area contributed by atoms with Gasteiger partial charge in [0.1, 0.15) is 11.8 Å².